The van der Waals surface area contributed by atoms with Crippen molar-refractivity contribution < 1.29 is 15.3 Å². The van der Waals surface area contributed by atoms with Gasteiger partial charge in [0.25, 0.3) is 0 Å². The second-order valence-corrected chi connectivity index (χ2v) is 9.53. The minimum Gasteiger partial charge on any atom is -0.393 e. The average Bonchev–Trinajstić information content (AvgIpc) is 2.73. The molecule has 0 heterocycles. The molecular formula is C20H32O3. The van der Waals surface area contributed by atoms with E-state index in [1.54, 1.807) is 0 Å². The van der Waals surface area contributed by atoms with Crippen LogP contribution in [0.25, 0.3) is 0 Å². The Kier molecular flexibility index (Phi) is 3.54. The van der Waals surface area contributed by atoms with Crippen LogP contribution in [0.1, 0.15) is 58.8 Å². The molecule has 130 valence electrons. The summed E-state index contributed by atoms with van der Waals surface area (Å²) in [6, 6.07) is 0. The van der Waals surface area contributed by atoms with Crippen LogP contribution in [-0.2, 0) is 0 Å². The van der Waals surface area contributed by atoms with Gasteiger partial charge in [-0.05, 0) is 79.6 Å². The highest BCUT2D eigenvalue weighted by atomic mass is 16.3. The summed E-state index contributed by atoms with van der Waals surface area (Å²) in [4.78, 5) is 0. The number of rotatable bonds is 0. The zero-order valence-electron chi connectivity index (χ0n) is 14.5. The molecule has 9 atom stereocenters. The molecule has 0 radical (unpaired) electrons. The molecule has 0 amide bonds. The van der Waals surface area contributed by atoms with E-state index in [4.69, 9.17) is 0 Å². The largest absolute Gasteiger partial charge is 0.393 e. The van der Waals surface area contributed by atoms with Crippen LogP contribution in [0.15, 0.2) is 12.2 Å². The number of hydrogen-bond acceptors (Lipinski definition) is 3. The lowest BCUT2D eigenvalue weighted by Gasteiger charge is -2.61. The molecule has 3 heteroatoms. The van der Waals surface area contributed by atoms with Gasteiger partial charge in [-0.15, -0.1) is 0 Å². The van der Waals surface area contributed by atoms with Gasteiger partial charge in [-0.1, -0.05) is 20.4 Å². The molecule has 0 aliphatic heterocycles. The first-order valence-electron chi connectivity index (χ1n) is 9.49. The third-order valence-electron chi connectivity index (χ3n) is 8.59. The van der Waals surface area contributed by atoms with Gasteiger partial charge in [0.2, 0.25) is 0 Å². The van der Waals surface area contributed by atoms with E-state index in [-0.39, 0.29) is 23.0 Å². The molecule has 4 aliphatic rings. The van der Waals surface area contributed by atoms with Crippen molar-refractivity contribution in [2.24, 2.45) is 34.5 Å². The van der Waals surface area contributed by atoms with Crippen LogP contribution in [0.4, 0.5) is 0 Å². The predicted octanol–water partition coefficient (Wildman–Crippen LogP) is 2.89. The SMILES string of the molecule is C=C1CC2C3C(O)C[C@@H]4C[C@H](O)CC[C@]4(C)C3CC[C@]2(C)[C@H]1O. The maximum Gasteiger partial charge on any atom is 0.0804 e. The molecule has 3 N–H and O–H groups in total. The lowest BCUT2D eigenvalue weighted by molar-refractivity contribution is -0.176. The summed E-state index contributed by atoms with van der Waals surface area (Å²) in [7, 11) is 0. The lowest BCUT2D eigenvalue weighted by Crippen LogP contribution is -2.58. The molecule has 0 bridgehead atoms. The molecule has 0 saturated heterocycles. The second-order valence-electron chi connectivity index (χ2n) is 9.53. The number of hydrogen-bond donors (Lipinski definition) is 3. The van der Waals surface area contributed by atoms with Crippen molar-refractivity contribution in [3.63, 3.8) is 0 Å². The molecule has 0 aromatic heterocycles. The minimum absolute atomic E-state index is 0.101. The highest BCUT2D eigenvalue weighted by Crippen LogP contribution is 2.66. The third-order valence-corrected chi connectivity index (χ3v) is 8.59. The van der Waals surface area contributed by atoms with Crippen LogP contribution in [0.2, 0.25) is 0 Å². The molecule has 0 spiro atoms. The van der Waals surface area contributed by atoms with E-state index in [2.05, 4.69) is 20.4 Å². The van der Waals surface area contributed by atoms with E-state index in [0.29, 0.717) is 23.7 Å². The van der Waals surface area contributed by atoms with Gasteiger partial charge in [-0.2, -0.15) is 0 Å². The zero-order chi connectivity index (χ0) is 16.6. The van der Waals surface area contributed by atoms with Crippen molar-refractivity contribution in [3.05, 3.63) is 12.2 Å². The minimum atomic E-state index is -0.403. The Balaban J connectivity index is 1.69. The molecule has 23 heavy (non-hydrogen) atoms. The molecule has 4 fully saturated rings. The van der Waals surface area contributed by atoms with E-state index < -0.39 is 6.10 Å². The maximum atomic E-state index is 11.0. The van der Waals surface area contributed by atoms with Gasteiger partial charge in [-0.3, -0.25) is 0 Å². The van der Waals surface area contributed by atoms with Gasteiger partial charge in [0.05, 0.1) is 18.3 Å². The first-order valence-corrected chi connectivity index (χ1v) is 9.49. The van der Waals surface area contributed by atoms with Gasteiger partial charge >= 0.3 is 0 Å². The van der Waals surface area contributed by atoms with E-state index in [0.717, 1.165) is 50.5 Å². The molecule has 4 aliphatic carbocycles. The van der Waals surface area contributed by atoms with Crippen molar-refractivity contribution in [1.82, 2.24) is 0 Å². The molecular weight excluding hydrogens is 288 g/mol. The fraction of sp³-hybridized carbons (Fsp3) is 0.900. The first kappa shape index (κ1) is 16.1. The third kappa shape index (κ3) is 2.06. The Bertz CT molecular complexity index is 517. The summed E-state index contributed by atoms with van der Waals surface area (Å²) >= 11 is 0. The number of aliphatic hydroxyl groups is 3. The van der Waals surface area contributed by atoms with Crippen molar-refractivity contribution in [3.8, 4) is 0 Å². The van der Waals surface area contributed by atoms with Crippen molar-refractivity contribution in [1.29, 1.82) is 0 Å². The Labute approximate surface area is 139 Å². The summed E-state index contributed by atoms with van der Waals surface area (Å²) in [5.74, 6) is 1.63. The van der Waals surface area contributed by atoms with E-state index in [9.17, 15) is 15.3 Å². The van der Waals surface area contributed by atoms with Crippen molar-refractivity contribution in [2.45, 2.75) is 77.1 Å². The van der Waals surface area contributed by atoms with Crippen LogP contribution in [0.5, 0.6) is 0 Å². The maximum absolute atomic E-state index is 11.0. The fourth-order valence-electron chi connectivity index (χ4n) is 7.14. The summed E-state index contributed by atoms with van der Waals surface area (Å²) in [6.07, 6.45) is 5.81. The Morgan fingerprint density at radius 1 is 0.957 bits per heavy atom. The first-order chi connectivity index (χ1) is 10.8. The van der Waals surface area contributed by atoms with E-state index >= 15 is 0 Å². The average molecular weight is 320 g/mol. The quantitative estimate of drug-likeness (QED) is 0.602. The predicted molar refractivity (Wildman–Crippen MR) is 89.7 cm³/mol. The summed E-state index contributed by atoms with van der Waals surface area (Å²) in [6.45, 7) is 8.73. The lowest BCUT2D eigenvalue weighted by atomic mass is 9.44. The number of aliphatic hydroxyl groups excluding tert-OH is 3. The Morgan fingerprint density at radius 2 is 1.65 bits per heavy atom. The van der Waals surface area contributed by atoms with Crippen LogP contribution in [0.3, 0.4) is 0 Å². The van der Waals surface area contributed by atoms with Gasteiger partial charge in [0, 0.05) is 5.41 Å². The van der Waals surface area contributed by atoms with Gasteiger partial charge in [-0.25, -0.2) is 0 Å². The summed E-state index contributed by atoms with van der Waals surface area (Å²) in [5.41, 5.74) is 1.12. The van der Waals surface area contributed by atoms with Gasteiger partial charge in [0.1, 0.15) is 0 Å². The summed E-state index contributed by atoms with van der Waals surface area (Å²) < 4.78 is 0. The highest BCUT2D eigenvalue weighted by molar-refractivity contribution is 5.23. The van der Waals surface area contributed by atoms with Crippen molar-refractivity contribution in [2.75, 3.05) is 0 Å². The zero-order valence-corrected chi connectivity index (χ0v) is 14.5. The highest BCUT2D eigenvalue weighted by Gasteiger charge is 2.63. The Morgan fingerprint density at radius 3 is 2.39 bits per heavy atom. The standard InChI is InChI=1S/C20H32O3/c1-11-8-15-17-14(5-7-20(15,3)18(11)23)19(2)6-4-13(21)9-12(19)10-16(17)22/h12-18,21-23H,1,4-10H2,2-3H3/t12-,13+,14?,15?,16?,17?,18-,19-,20-/m0/s1. The molecule has 4 rings (SSSR count). The normalized spacial score (nSPS) is 59.2. The fourth-order valence-corrected chi connectivity index (χ4v) is 7.14. The van der Waals surface area contributed by atoms with E-state index in [1.807, 2.05) is 0 Å². The van der Waals surface area contributed by atoms with Gasteiger partial charge < -0.3 is 15.3 Å². The van der Waals surface area contributed by atoms with Crippen LogP contribution >= 0.6 is 0 Å². The topological polar surface area (TPSA) is 60.7 Å². The summed E-state index contributed by atoms with van der Waals surface area (Å²) in [5, 5.41) is 31.7. The van der Waals surface area contributed by atoms with Crippen LogP contribution in [0, 0.1) is 34.5 Å². The van der Waals surface area contributed by atoms with Crippen LogP contribution < -0.4 is 0 Å². The van der Waals surface area contributed by atoms with Crippen molar-refractivity contribution >= 4 is 0 Å². The molecule has 3 nitrogen and oxygen atoms in total. The Hall–Kier alpha value is -0.380. The molecule has 0 aromatic rings. The smallest absolute Gasteiger partial charge is 0.0804 e. The van der Waals surface area contributed by atoms with Crippen LogP contribution in [-0.4, -0.2) is 33.6 Å². The van der Waals surface area contributed by atoms with E-state index in [1.165, 1.54) is 0 Å². The number of fused-ring (bicyclic) bond motifs is 5. The molecule has 0 aromatic carbocycles. The molecule has 4 unspecified atom stereocenters. The monoisotopic (exact) mass is 320 g/mol. The molecule has 4 saturated carbocycles. The second kappa shape index (κ2) is 5.06. The van der Waals surface area contributed by atoms with Gasteiger partial charge in [0.15, 0.2) is 0 Å².